The molecule has 5 nitrogen and oxygen atoms in total. The van der Waals surface area contributed by atoms with E-state index >= 15 is 0 Å². The van der Waals surface area contributed by atoms with Gasteiger partial charge in [-0.3, -0.25) is 14.7 Å². The number of hydrogen-bond acceptors (Lipinski definition) is 4. The summed E-state index contributed by atoms with van der Waals surface area (Å²) in [7, 11) is 0. The van der Waals surface area contributed by atoms with Crippen LogP contribution in [-0.4, -0.2) is 65.6 Å². The molecular weight excluding hydrogens is 434 g/mol. The quantitative estimate of drug-likeness (QED) is 0.544. The number of piperidine rings is 1. The van der Waals surface area contributed by atoms with Crippen molar-refractivity contribution in [2.45, 2.75) is 37.1 Å². The summed E-state index contributed by atoms with van der Waals surface area (Å²) in [6.07, 6.45) is 2.14. The van der Waals surface area contributed by atoms with Gasteiger partial charge in [-0.15, -0.1) is 0 Å². The van der Waals surface area contributed by atoms with Crippen LogP contribution in [0, 0.1) is 0 Å². The van der Waals surface area contributed by atoms with E-state index in [9.17, 15) is 4.79 Å². The number of rotatable bonds is 5. The van der Waals surface area contributed by atoms with Crippen molar-refractivity contribution >= 4 is 6.09 Å². The molecule has 0 spiro atoms. The lowest BCUT2D eigenvalue weighted by Gasteiger charge is -2.46. The summed E-state index contributed by atoms with van der Waals surface area (Å²) in [6, 6.07) is 31.9. The van der Waals surface area contributed by atoms with Gasteiger partial charge in [0, 0.05) is 43.3 Å². The zero-order valence-corrected chi connectivity index (χ0v) is 20.1. The number of carbonyl (C=O) groups is 1. The molecule has 3 aliphatic heterocycles. The Morgan fingerprint density at radius 3 is 1.91 bits per heavy atom. The Kier molecular flexibility index (Phi) is 6.05. The second kappa shape index (κ2) is 9.48. The lowest BCUT2D eigenvalue weighted by atomic mass is 9.79. The van der Waals surface area contributed by atoms with E-state index in [-0.39, 0.29) is 12.1 Å². The maximum Gasteiger partial charge on any atom is 0.411 e. The fourth-order valence-electron chi connectivity index (χ4n) is 6.29. The van der Waals surface area contributed by atoms with Crippen molar-refractivity contribution in [3.05, 3.63) is 108 Å². The van der Waals surface area contributed by atoms with Crippen LogP contribution in [0.3, 0.4) is 0 Å². The molecule has 3 aromatic carbocycles. The van der Waals surface area contributed by atoms with Crippen LogP contribution in [-0.2, 0) is 16.9 Å². The van der Waals surface area contributed by atoms with Crippen LogP contribution >= 0.6 is 0 Å². The first-order valence-electron chi connectivity index (χ1n) is 12.8. The van der Waals surface area contributed by atoms with Gasteiger partial charge in [-0.1, -0.05) is 91.0 Å². The predicted octanol–water partition coefficient (Wildman–Crippen LogP) is 4.73. The van der Waals surface area contributed by atoms with E-state index in [0.717, 1.165) is 63.2 Å². The van der Waals surface area contributed by atoms with E-state index in [0.29, 0.717) is 6.04 Å². The van der Waals surface area contributed by atoms with Crippen molar-refractivity contribution in [1.29, 1.82) is 0 Å². The van der Waals surface area contributed by atoms with Crippen LogP contribution in [0.15, 0.2) is 91.0 Å². The van der Waals surface area contributed by atoms with Gasteiger partial charge in [0.15, 0.2) is 5.60 Å². The van der Waals surface area contributed by atoms with Gasteiger partial charge in [0.05, 0.1) is 6.04 Å². The number of nitrogens with zero attached hydrogens (tertiary/aromatic N) is 3. The molecule has 1 amide bonds. The average Bonchev–Trinajstić information content (AvgIpc) is 3.23. The largest absolute Gasteiger partial charge is 0.431 e. The van der Waals surface area contributed by atoms with Crippen molar-refractivity contribution in [3.8, 4) is 0 Å². The molecule has 3 fully saturated rings. The first kappa shape index (κ1) is 22.3. The smallest absolute Gasteiger partial charge is 0.411 e. The van der Waals surface area contributed by atoms with E-state index < -0.39 is 5.60 Å². The van der Waals surface area contributed by atoms with Gasteiger partial charge in [-0.2, -0.15) is 0 Å². The standard InChI is InChI=1S/C30H33N3O2/c34-29-33-21-20-32(27-16-18-31(19-17-27)22-24-10-4-1-5-11-24)23-28(33)30(35-29,25-12-6-2-7-13-25)26-14-8-3-9-15-26/h1-15,27-28H,16-23H2. The summed E-state index contributed by atoms with van der Waals surface area (Å²) in [5.74, 6) is 0. The van der Waals surface area contributed by atoms with Crippen LogP contribution < -0.4 is 0 Å². The van der Waals surface area contributed by atoms with Gasteiger partial charge < -0.3 is 4.74 Å². The second-order valence-corrected chi connectivity index (χ2v) is 10.0. The highest BCUT2D eigenvalue weighted by molar-refractivity contribution is 5.74. The number of likely N-dealkylation sites (tertiary alicyclic amines) is 1. The van der Waals surface area contributed by atoms with Crippen molar-refractivity contribution in [1.82, 2.24) is 14.7 Å². The van der Waals surface area contributed by atoms with Crippen LogP contribution in [0.2, 0.25) is 0 Å². The molecule has 1 unspecified atom stereocenters. The van der Waals surface area contributed by atoms with Crippen molar-refractivity contribution < 1.29 is 9.53 Å². The normalized spacial score (nSPS) is 23.1. The maximum atomic E-state index is 13.1. The molecule has 0 bridgehead atoms. The van der Waals surface area contributed by atoms with Crippen LogP contribution in [0.1, 0.15) is 29.5 Å². The lowest BCUT2D eigenvalue weighted by molar-refractivity contribution is 0.0154. The number of fused-ring (bicyclic) bond motifs is 1. The van der Waals surface area contributed by atoms with Crippen molar-refractivity contribution in [3.63, 3.8) is 0 Å². The molecule has 5 heteroatoms. The minimum atomic E-state index is -0.785. The van der Waals surface area contributed by atoms with Crippen molar-refractivity contribution in [2.24, 2.45) is 0 Å². The number of cyclic esters (lactones) is 1. The number of ether oxygens (including phenoxy) is 1. The van der Waals surface area contributed by atoms with Gasteiger partial charge in [0.2, 0.25) is 0 Å². The fourth-order valence-corrected chi connectivity index (χ4v) is 6.29. The molecule has 35 heavy (non-hydrogen) atoms. The SMILES string of the molecule is O=C1OC(c2ccccc2)(c2ccccc2)C2CN(C3CCN(Cc4ccccc4)CC3)CCN12. The minimum absolute atomic E-state index is 0.0455. The van der Waals surface area contributed by atoms with Gasteiger partial charge in [0.25, 0.3) is 0 Å². The molecule has 0 aromatic heterocycles. The molecule has 1 atom stereocenters. The summed E-state index contributed by atoms with van der Waals surface area (Å²) in [4.78, 5) is 20.3. The number of amides is 1. The van der Waals surface area contributed by atoms with Gasteiger partial charge in [-0.25, -0.2) is 4.79 Å². The van der Waals surface area contributed by atoms with Crippen LogP contribution in [0.5, 0.6) is 0 Å². The van der Waals surface area contributed by atoms with Gasteiger partial charge >= 0.3 is 6.09 Å². The highest BCUT2D eigenvalue weighted by atomic mass is 16.6. The Balaban J connectivity index is 1.23. The zero-order valence-electron chi connectivity index (χ0n) is 20.1. The van der Waals surface area contributed by atoms with Gasteiger partial charge in [0.1, 0.15) is 0 Å². The zero-order chi connectivity index (χ0) is 23.7. The first-order valence-corrected chi connectivity index (χ1v) is 12.8. The number of hydrogen-bond donors (Lipinski definition) is 0. The average molecular weight is 468 g/mol. The Morgan fingerprint density at radius 2 is 1.31 bits per heavy atom. The molecule has 3 heterocycles. The monoisotopic (exact) mass is 467 g/mol. The highest BCUT2D eigenvalue weighted by Crippen LogP contribution is 2.46. The topological polar surface area (TPSA) is 36.0 Å². The third kappa shape index (κ3) is 4.13. The highest BCUT2D eigenvalue weighted by Gasteiger charge is 2.58. The molecule has 0 aliphatic carbocycles. The Hall–Kier alpha value is -3.15. The third-order valence-electron chi connectivity index (χ3n) is 8.09. The predicted molar refractivity (Wildman–Crippen MR) is 137 cm³/mol. The van der Waals surface area contributed by atoms with E-state index in [2.05, 4.69) is 64.4 Å². The summed E-state index contributed by atoms with van der Waals surface area (Å²) in [5, 5.41) is 0. The number of benzene rings is 3. The van der Waals surface area contributed by atoms with Crippen LogP contribution in [0.25, 0.3) is 0 Å². The third-order valence-corrected chi connectivity index (χ3v) is 8.09. The van der Waals surface area contributed by atoms with Crippen LogP contribution in [0.4, 0.5) is 4.79 Å². The molecule has 0 radical (unpaired) electrons. The van der Waals surface area contributed by atoms with E-state index in [1.54, 1.807) is 0 Å². The molecule has 180 valence electrons. The number of piperazine rings is 1. The summed E-state index contributed by atoms with van der Waals surface area (Å²) in [6.45, 7) is 5.71. The Bertz CT molecular complexity index is 1090. The number of carbonyl (C=O) groups excluding carboxylic acids is 1. The maximum absolute atomic E-state index is 13.1. The van der Waals surface area contributed by atoms with E-state index in [1.165, 1.54) is 5.56 Å². The second-order valence-electron chi connectivity index (χ2n) is 10.0. The first-order chi connectivity index (χ1) is 17.2. The minimum Gasteiger partial charge on any atom is -0.431 e. The fraction of sp³-hybridized carbons (Fsp3) is 0.367. The van der Waals surface area contributed by atoms with Gasteiger partial charge in [-0.05, 0) is 31.5 Å². The molecule has 3 saturated heterocycles. The molecule has 6 rings (SSSR count). The summed E-state index contributed by atoms with van der Waals surface area (Å²) >= 11 is 0. The summed E-state index contributed by atoms with van der Waals surface area (Å²) in [5.41, 5.74) is 2.70. The molecule has 0 saturated carbocycles. The van der Waals surface area contributed by atoms with E-state index in [4.69, 9.17) is 4.74 Å². The lowest BCUT2D eigenvalue weighted by Crippen LogP contribution is -2.60. The molecule has 3 aliphatic rings. The van der Waals surface area contributed by atoms with E-state index in [1.807, 2.05) is 41.3 Å². The molecule has 3 aromatic rings. The molecular formula is C30H33N3O2. The molecule has 0 N–H and O–H groups in total. The van der Waals surface area contributed by atoms with Crippen molar-refractivity contribution in [2.75, 3.05) is 32.7 Å². The summed E-state index contributed by atoms with van der Waals surface area (Å²) < 4.78 is 6.34. The Labute approximate surface area is 207 Å². The Morgan fingerprint density at radius 1 is 0.743 bits per heavy atom.